The first-order valence-electron chi connectivity index (χ1n) is 7.94. The molecule has 0 spiro atoms. The number of carbonyl (C=O) groups is 1. The molecule has 8 heteroatoms. The molecule has 0 unspecified atom stereocenters. The van der Waals surface area contributed by atoms with Crippen LogP contribution in [0.2, 0.25) is 0 Å². The van der Waals surface area contributed by atoms with E-state index >= 15 is 0 Å². The molecular formula is C18H17F2N3O2S. The van der Waals surface area contributed by atoms with Crippen molar-refractivity contribution in [1.29, 1.82) is 0 Å². The minimum absolute atomic E-state index is 0.126. The Morgan fingerprint density at radius 2 is 1.77 bits per heavy atom. The average molecular weight is 377 g/mol. The van der Waals surface area contributed by atoms with Gasteiger partial charge in [-0.15, -0.1) is 0 Å². The minimum Gasteiger partial charge on any atom is -0.326 e. The number of anilines is 1. The molecule has 1 aromatic heterocycles. The monoisotopic (exact) mass is 377 g/mol. The third kappa shape index (κ3) is 3.96. The molecule has 26 heavy (non-hydrogen) atoms. The second-order valence-electron chi connectivity index (χ2n) is 5.68. The number of hydrogen-bond acceptors (Lipinski definition) is 3. The first-order chi connectivity index (χ1) is 12.5. The summed E-state index contributed by atoms with van der Waals surface area (Å²) in [7, 11) is 1.69. The second kappa shape index (κ2) is 7.74. The van der Waals surface area contributed by atoms with E-state index in [1.807, 2.05) is 24.3 Å². The highest BCUT2D eigenvalue weighted by Crippen LogP contribution is 2.26. The SMILES string of the molecule is Cn1c(=O)n(CCC(=O)Nc2ccc(SC(F)F)cc2)c2ccccc21. The summed E-state index contributed by atoms with van der Waals surface area (Å²) in [5, 5.41) is 2.71. The molecular weight excluding hydrogens is 360 g/mol. The fraction of sp³-hybridized carbons (Fsp3) is 0.222. The summed E-state index contributed by atoms with van der Waals surface area (Å²) in [5.74, 6) is -2.73. The predicted octanol–water partition coefficient (Wildman–Crippen LogP) is 3.68. The number of amides is 1. The summed E-state index contributed by atoms with van der Waals surface area (Å²) in [6.45, 7) is 0.255. The van der Waals surface area contributed by atoms with Crippen molar-refractivity contribution < 1.29 is 13.6 Å². The smallest absolute Gasteiger partial charge is 0.326 e. The Bertz CT molecular complexity index is 980. The highest BCUT2D eigenvalue weighted by atomic mass is 32.2. The van der Waals surface area contributed by atoms with Gasteiger partial charge >= 0.3 is 5.69 Å². The van der Waals surface area contributed by atoms with Gasteiger partial charge in [-0.3, -0.25) is 13.9 Å². The van der Waals surface area contributed by atoms with Crippen LogP contribution in [0, 0.1) is 0 Å². The molecule has 0 saturated carbocycles. The first-order valence-corrected chi connectivity index (χ1v) is 8.82. The Morgan fingerprint density at radius 3 is 2.42 bits per heavy atom. The summed E-state index contributed by atoms with van der Waals surface area (Å²) in [5.41, 5.74) is 1.94. The zero-order chi connectivity index (χ0) is 18.7. The molecule has 0 fully saturated rings. The lowest BCUT2D eigenvalue weighted by atomic mass is 10.3. The fourth-order valence-electron chi connectivity index (χ4n) is 2.74. The van der Waals surface area contributed by atoms with Crippen molar-refractivity contribution in [3.63, 3.8) is 0 Å². The van der Waals surface area contributed by atoms with Crippen LogP contribution < -0.4 is 11.0 Å². The normalized spacial score (nSPS) is 11.2. The standard InChI is InChI=1S/C18H17F2N3O2S/c1-22-14-4-2-3-5-15(14)23(18(22)25)11-10-16(24)21-12-6-8-13(9-7-12)26-17(19)20/h2-9,17H,10-11H2,1H3,(H,21,24). The number of halogens is 2. The van der Waals surface area contributed by atoms with Crippen molar-refractivity contribution in [1.82, 2.24) is 9.13 Å². The van der Waals surface area contributed by atoms with Crippen LogP contribution in [-0.4, -0.2) is 20.8 Å². The lowest BCUT2D eigenvalue weighted by Gasteiger charge is -2.07. The van der Waals surface area contributed by atoms with Gasteiger partial charge in [-0.05, 0) is 36.4 Å². The number of aryl methyl sites for hydroxylation is 2. The number of nitrogens with one attached hydrogen (secondary N) is 1. The molecule has 1 heterocycles. The molecule has 0 saturated heterocycles. The van der Waals surface area contributed by atoms with Crippen LogP contribution in [0.25, 0.3) is 11.0 Å². The minimum atomic E-state index is -2.48. The molecule has 1 amide bonds. The van der Waals surface area contributed by atoms with Gasteiger partial charge in [0.15, 0.2) is 0 Å². The van der Waals surface area contributed by atoms with Gasteiger partial charge in [0.1, 0.15) is 0 Å². The molecule has 3 aromatic rings. The van der Waals surface area contributed by atoms with E-state index in [1.165, 1.54) is 12.1 Å². The number of thioether (sulfide) groups is 1. The van der Waals surface area contributed by atoms with E-state index in [2.05, 4.69) is 5.32 Å². The lowest BCUT2D eigenvalue weighted by molar-refractivity contribution is -0.116. The van der Waals surface area contributed by atoms with Crippen LogP contribution in [0.1, 0.15) is 6.42 Å². The largest absolute Gasteiger partial charge is 0.328 e. The number of aromatic nitrogens is 2. The molecule has 2 aromatic carbocycles. The number of nitrogens with zero attached hydrogens (tertiary/aromatic N) is 2. The van der Waals surface area contributed by atoms with Crippen molar-refractivity contribution in [2.75, 3.05) is 5.32 Å². The summed E-state index contributed by atoms with van der Waals surface area (Å²) in [4.78, 5) is 24.9. The topological polar surface area (TPSA) is 56.0 Å². The first kappa shape index (κ1) is 18.2. The van der Waals surface area contributed by atoms with Crippen LogP contribution in [0.3, 0.4) is 0 Å². The van der Waals surface area contributed by atoms with Crippen LogP contribution in [0.15, 0.2) is 58.2 Å². The number of fused-ring (bicyclic) bond motifs is 1. The number of para-hydroxylation sites is 2. The number of hydrogen-bond donors (Lipinski definition) is 1. The molecule has 0 aliphatic carbocycles. The third-order valence-corrected chi connectivity index (χ3v) is 4.70. The highest BCUT2D eigenvalue weighted by molar-refractivity contribution is 7.99. The van der Waals surface area contributed by atoms with Gasteiger partial charge in [0.2, 0.25) is 5.91 Å². The van der Waals surface area contributed by atoms with Gasteiger partial charge in [0, 0.05) is 30.6 Å². The Kier molecular flexibility index (Phi) is 5.41. The zero-order valence-corrected chi connectivity index (χ0v) is 14.8. The summed E-state index contributed by atoms with van der Waals surface area (Å²) in [6, 6.07) is 13.6. The summed E-state index contributed by atoms with van der Waals surface area (Å²) in [6.07, 6.45) is 0.126. The van der Waals surface area contributed by atoms with E-state index in [1.54, 1.807) is 28.3 Å². The second-order valence-corrected chi connectivity index (χ2v) is 6.75. The highest BCUT2D eigenvalue weighted by Gasteiger charge is 2.12. The van der Waals surface area contributed by atoms with Gasteiger partial charge in [0.05, 0.1) is 11.0 Å². The molecule has 3 rings (SSSR count). The van der Waals surface area contributed by atoms with E-state index in [4.69, 9.17) is 0 Å². The summed E-state index contributed by atoms with van der Waals surface area (Å²) >= 11 is 0.452. The van der Waals surface area contributed by atoms with Crippen LogP contribution >= 0.6 is 11.8 Å². The Labute approximate surface area is 152 Å². The number of benzene rings is 2. The molecule has 5 nitrogen and oxygen atoms in total. The number of alkyl halides is 2. The lowest BCUT2D eigenvalue weighted by Crippen LogP contribution is -2.24. The Morgan fingerprint density at radius 1 is 1.12 bits per heavy atom. The average Bonchev–Trinajstić information content (AvgIpc) is 2.86. The maximum absolute atomic E-state index is 12.3. The van der Waals surface area contributed by atoms with Crippen molar-refractivity contribution in [2.45, 2.75) is 23.6 Å². The van der Waals surface area contributed by atoms with E-state index in [9.17, 15) is 18.4 Å². The van der Waals surface area contributed by atoms with E-state index in [0.29, 0.717) is 22.3 Å². The van der Waals surface area contributed by atoms with Crippen molar-refractivity contribution in [2.24, 2.45) is 7.05 Å². The molecule has 0 aliphatic heterocycles. The van der Waals surface area contributed by atoms with Crippen molar-refractivity contribution in [3.8, 4) is 0 Å². The zero-order valence-electron chi connectivity index (χ0n) is 14.0. The van der Waals surface area contributed by atoms with Gasteiger partial charge < -0.3 is 5.32 Å². The summed E-state index contributed by atoms with van der Waals surface area (Å²) < 4.78 is 27.7. The number of imidazole rings is 1. The molecule has 0 bridgehead atoms. The van der Waals surface area contributed by atoms with E-state index < -0.39 is 5.76 Å². The molecule has 136 valence electrons. The van der Waals surface area contributed by atoms with E-state index in [-0.39, 0.29) is 24.6 Å². The Balaban J connectivity index is 1.65. The van der Waals surface area contributed by atoms with Crippen molar-refractivity contribution >= 4 is 34.4 Å². The number of rotatable bonds is 6. The molecule has 0 aliphatic rings. The van der Waals surface area contributed by atoms with Crippen LogP contribution in [0.5, 0.6) is 0 Å². The maximum atomic E-state index is 12.3. The van der Waals surface area contributed by atoms with E-state index in [0.717, 1.165) is 11.0 Å². The Hall–Kier alpha value is -2.61. The fourth-order valence-corrected chi connectivity index (χ4v) is 3.23. The van der Waals surface area contributed by atoms with Gasteiger partial charge in [-0.1, -0.05) is 23.9 Å². The van der Waals surface area contributed by atoms with Crippen molar-refractivity contribution in [3.05, 3.63) is 59.0 Å². The molecule has 1 N–H and O–H groups in total. The van der Waals surface area contributed by atoms with Gasteiger partial charge in [-0.2, -0.15) is 8.78 Å². The molecule has 0 radical (unpaired) electrons. The third-order valence-electron chi connectivity index (χ3n) is 3.98. The van der Waals surface area contributed by atoms with Crippen LogP contribution in [-0.2, 0) is 18.4 Å². The number of carbonyl (C=O) groups excluding carboxylic acids is 1. The van der Waals surface area contributed by atoms with Gasteiger partial charge in [-0.25, -0.2) is 4.79 Å². The maximum Gasteiger partial charge on any atom is 0.328 e. The quantitative estimate of drug-likeness (QED) is 0.667. The molecule has 0 atom stereocenters. The van der Waals surface area contributed by atoms with Crippen LogP contribution in [0.4, 0.5) is 14.5 Å². The van der Waals surface area contributed by atoms with Gasteiger partial charge in [0.25, 0.3) is 5.76 Å². The predicted molar refractivity (Wildman–Crippen MR) is 98.7 cm³/mol.